The second-order valence-electron chi connectivity index (χ2n) is 16.4. The number of anilines is 1. The monoisotopic (exact) mass is 814 g/mol. The van der Waals surface area contributed by atoms with E-state index in [1.54, 1.807) is 18.2 Å². The molecule has 4 heterocycles. The Morgan fingerprint density at radius 2 is 1.46 bits per heavy atom. The van der Waals surface area contributed by atoms with E-state index in [2.05, 4.69) is 18.7 Å². The number of benzene rings is 3. The Bertz CT molecular complexity index is 1890. The van der Waals surface area contributed by atoms with Crippen LogP contribution in [0.3, 0.4) is 0 Å². The average Bonchev–Trinajstić information content (AvgIpc) is 3.23. The molecule has 2 bridgehead atoms. The van der Waals surface area contributed by atoms with E-state index in [1.807, 2.05) is 62.3 Å². The van der Waals surface area contributed by atoms with Gasteiger partial charge in [0.1, 0.15) is 5.75 Å². The smallest absolute Gasteiger partial charge is 0.294 e. The Morgan fingerprint density at radius 3 is 2.00 bits per heavy atom. The molecule has 0 spiro atoms. The summed E-state index contributed by atoms with van der Waals surface area (Å²) in [7, 11) is -3.70. The quantitative estimate of drug-likeness (QED) is 0.0908. The van der Waals surface area contributed by atoms with Gasteiger partial charge in [-0.25, -0.2) is 8.42 Å². The van der Waals surface area contributed by atoms with Gasteiger partial charge in [-0.1, -0.05) is 76.8 Å². The Kier molecular flexibility index (Phi) is 16.0. The lowest BCUT2D eigenvalue weighted by Gasteiger charge is -2.50. The van der Waals surface area contributed by atoms with Crippen LogP contribution in [0.15, 0.2) is 76.5 Å². The van der Waals surface area contributed by atoms with Crippen molar-refractivity contribution in [1.82, 2.24) is 4.90 Å². The molecule has 0 radical (unpaired) electrons. The largest absolute Gasteiger partial charge is 0.494 e. The summed E-state index contributed by atoms with van der Waals surface area (Å²) in [5.41, 5.74) is 2.84. The number of ether oxygens (including phenoxy) is 1. The Hall–Kier alpha value is -3.00. The van der Waals surface area contributed by atoms with Gasteiger partial charge in [0.05, 0.1) is 54.4 Å². The first-order chi connectivity index (χ1) is 26.1. The van der Waals surface area contributed by atoms with Crippen LogP contribution in [0.5, 0.6) is 5.75 Å². The highest BCUT2D eigenvalue weighted by atomic mass is 32.2. The van der Waals surface area contributed by atoms with E-state index in [0.717, 1.165) is 54.7 Å². The van der Waals surface area contributed by atoms with Gasteiger partial charge in [0.25, 0.3) is 10.1 Å². The van der Waals surface area contributed by atoms with Crippen LogP contribution in [0.2, 0.25) is 0 Å². The summed E-state index contributed by atoms with van der Waals surface area (Å²) < 4.78 is 65.1. The summed E-state index contributed by atoms with van der Waals surface area (Å²) >= 11 is 0. The minimum atomic E-state index is -4.02. The fourth-order valence-electron chi connectivity index (χ4n) is 8.68. The lowest BCUT2D eigenvalue weighted by atomic mass is 9.68. The highest BCUT2D eigenvalue weighted by molar-refractivity contribution is 7.91. The molecule has 12 heteroatoms. The maximum absolute atomic E-state index is 14.1. The zero-order valence-electron chi connectivity index (χ0n) is 33.6. The van der Waals surface area contributed by atoms with Crippen molar-refractivity contribution in [3.63, 3.8) is 0 Å². The molecule has 3 aromatic carbocycles. The molecule has 56 heavy (non-hydrogen) atoms. The van der Waals surface area contributed by atoms with Crippen LogP contribution in [-0.4, -0.2) is 114 Å². The third-order valence-electron chi connectivity index (χ3n) is 12.2. The maximum atomic E-state index is 14.1. The molecule has 0 amide bonds. The molecule has 3 saturated heterocycles. The molecule has 3 aromatic rings. The Balaban J connectivity index is 0.000000501. The molecule has 7 rings (SSSR count). The van der Waals surface area contributed by atoms with Crippen LogP contribution < -0.4 is 9.64 Å². The van der Waals surface area contributed by atoms with Crippen LogP contribution in [0.25, 0.3) is 0 Å². The van der Waals surface area contributed by atoms with Crippen molar-refractivity contribution in [2.24, 2.45) is 5.41 Å². The topological polar surface area (TPSA) is 124 Å². The predicted octanol–water partition coefficient (Wildman–Crippen LogP) is 7.58. The number of unbranched alkanes of at least 4 members (excludes halogenated alkanes) is 3. The molecule has 312 valence electrons. The summed E-state index contributed by atoms with van der Waals surface area (Å²) in [5, 5.41) is 12.4. The second-order valence-corrected chi connectivity index (χ2v) is 19.7. The highest BCUT2D eigenvalue weighted by Crippen LogP contribution is 2.50. The van der Waals surface area contributed by atoms with Crippen LogP contribution in [-0.2, 0) is 20.0 Å². The molecule has 2 unspecified atom stereocenters. The second kappa shape index (κ2) is 19.6. The number of quaternary nitrogens is 1. The molecule has 10 nitrogen and oxygen atoms in total. The van der Waals surface area contributed by atoms with Gasteiger partial charge in [-0.05, 0) is 86.2 Å². The molecular weight excluding hydrogens is 747 g/mol. The van der Waals surface area contributed by atoms with E-state index in [1.165, 1.54) is 68.8 Å². The average molecular weight is 815 g/mol. The van der Waals surface area contributed by atoms with Gasteiger partial charge in [0.15, 0.2) is 9.84 Å². The van der Waals surface area contributed by atoms with Crippen LogP contribution in [0.4, 0.5) is 5.69 Å². The maximum Gasteiger partial charge on any atom is 0.294 e. The molecule has 0 aromatic heterocycles. The van der Waals surface area contributed by atoms with Crippen molar-refractivity contribution >= 4 is 25.6 Å². The third kappa shape index (κ3) is 11.1. The van der Waals surface area contributed by atoms with Gasteiger partial charge >= 0.3 is 0 Å². The van der Waals surface area contributed by atoms with Crippen molar-refractivity contribution < 1.29 is 35.7 Å². The number of fused-ring (bicyclic) bond motifs is 4. The number of hydrogen-bond acceptors (Lipinski definition) is 8. The minimum absolute atomic E-state index is 0. The van der Waals surface area contributed by atoms with Crippen molar-refractivity contribution in [3.05, 3.63) is 83.4 Å². The summed E-state index contributed by atoms with van der Waals surface area (Å²) in [6.07, 6.45) is 6.54. The summed E-state index contributed by atoms with van der Waals surface area (Å²) in [6, 6.07) is 19.7. The summed E-state index contributed by atoms with van der Waals surface area (Å²) in [5.74, 6) is 0.378. The van der Waals surface area contributed by atoms with Gasteiger partial charge in [0.2, 0.25) is 0 Å². The number of hydrogen-bond donors (Lipinski definition) is 2. The van der Waals surface area contributed by atoms with Gasteiger partial charge < -0.3 is 19.2 Å². The van der Waals surface area contributed by atoms with Gasteiger partial charge in [-0.2, -0.15) is 8.42 Å². The van der Waals surface area contributed by atoms with Gasteiger partial charge in [-0.15, -0.1) is 0 Å². The lowest BCUT2D eigenvalue weighted by Crippen LogP contribution is -2.67. The van der Waals surface area contributed by atoms with Gasteiger partial charge in [-0.3, -0.25) is 9.45 Å². The lowest BCUT2D eigenvalue weighted by molar-refractivity contribution is -0.941. The zero-order chi connectivity index (χ0) is 39.9. The Labute approximate surface area is 338 Å². The fourth-order valence-corrected chi connectivity index (χ4v) is 11.4. The number of rotatable bonds is 15. The number of aryl methyl sites for hydroxylation is 1. The number of aliphatic hydroxyl groups is 1. The van der Waals surface area contributed by atoms with Crippen LogP contribution >= 0.6 is 0 Å². The first kappa shape index (κ1) is 45.7. The molecular formula is C44H68N3O7S2+. The van der Waals surface area contributed by atoms with Crippen LogP contribution in [0, 0.1) is 12.3 Å². The highest BCUT2D eigenvalue weighted by Gasteiger charge is 2.49. The molecule has 0 aliphatic carbocycles. The minimum Gasteiger partial charge on any atom is -0.494 e. The van der Waals surface area contributed by atoms with Crippen molar-refractivity contribution in [1.29, 1.82) is 0 Å². The van der Waals surface area contributed by atoms with E-state index in [-0.39, 0.29) is 18.1 Å². The number of aliphatic hydroxyl groups excluding tert-OH is 1. The molecule has 0 saturated carbocycles. The molecule has 2 atom stereocenters. The van der Waals surface area contributed by atoms with E-state index < -0.39 is 37.4 Å². The molecule has 2 N–H and O–H groups in total. The summed E-state index contributed by atoms with van der Waals surface area (Å²) in [4.78, 5) is 4.89. The zero-order valence-corrected chi connectivity index (χ0v) is 35.3. The third-order valence-corrected chi connectivity index (χ3v) is 15.0. The molecule has 4 aliphatic heterocycles. The van der Waals surface area contributed by atoms with E-state index in [9.17, 15) is 21.9 Å². The fraction of sp³-hybridized carbons (Fsp3) is 0.591. The predicted molar refractivity (Wildman–Crippen MR) is 227 cm³/mol. The van der Waals surface area contributed by atoms with E-state index in [0.29, 0.717) is 29.9 Å². The van der Waals surface area contributed by atoms with E-state index >= 15 is 0 Å². The first-order valence-electron chi connectivity index (χ1n) is 20.2. The van der Waals surface area contributed by atoms with Crippen molar-refractivity contribution in [3.8, 4) is 5.75 Å². The van der Waals surface area contributed by atoms with Crippen molar-refractivity contribution in [2.75, 3.05) is 77.2 Å². The van der Waals surface area contributed by atoms with Crippen LogP contribution in [0.1, 0.15) is 95.2 Å². The summed E-state index contributed by atoms with van der Waals surface area (Å²) in [6.45, 7) is 15.7. The number of sulfone groups is 1. The first-order valence-corrected chi connectivity index (χ1v) is 23.3. The SMILES string of the molecule is C.CCCCC1(CCCC)CS(=O)(=O)c2ccc(N(C)C)cc2C(c2ccc(OCCCC[N+]34CCN(CC3)CC4)cc2)C1O.Cc1ccc(S(=O)(=O)O)cc1. The Morgan fingerprint density at radius 1 is 0.875 bits per heavy atom. The number of nitrogens with zero attached hydrogens (tertiary/aromatic N) is 3. The van der Waals surface area contributed by atoms with E-state index in [4.69, 9.17) is 9.29 Å². The molecule has 4 aliphatic rings. The standard InChI is InChI=1S/C36H56N3O4S.C7H8O3S.CH4/c1-5-7-17-36(18-8-6-2)28-44(41,42)33-16-13-30(37(3)4)27-32(33)34(35(36)40)29-11-14-31(15-12-29)43-26-10-9-22-39-23-19-38(20-24-39)21-25-39;1-6-2-4-7(5-3-6)11(8,9)10;/h11-16,27,34-35,40H,5-10,17-26,28H2,1-4H3;2-5H,1H3,(H,8,9,10);1H4/q+1;;. The molecule has 3 fully saturated rings. The number of piperazine rings is 3. The normalized spacial score (nSPS) is 23.4. The van der Waals surface area contributed by atoms with Crippen molar-refractivity contribution in [2.45, 2.75) is 101 Å². The van der Waals surface area contributed by atoms with Gasteiger partial charge in [0, 0.05) is 50.7 Å².